The Morgan fingerprint density at radius 3 is 2.27 bits per heavy atom. The summed E-state index contributed by atoms with van der Waals surface area (Å²) < 4.78 is 10.6. The predicted molar refractivity (Wildman–Crippen MR) is 84.0 cm³/mol. The molecular formula is C19H26O3. The standard InChI is InChI=1S/C19H26O3/c1-21-18(20)12-22-17-5-3-2-4-16(17)19-9-13-6-14(10-19)8-15(7-13)11-19/h4-5,13-15H,2-3,6-12H2,1H3. The maximum atomic E-state index is 11.4. The highest BCUT2D eigenvalue weighted by atomic mass is 16.6. The lowest BCUT2D eigenvalue weighted by Gasteiger charge is -2.58. The Kier molecular flexibility index (Phi) is 3.54. The molecule has 22 heavy (non-hydrogen) atoms. The summed E-state index contributed by atoms with van der Waals surface area (Å²) in [4.78, 5) is 11.4. The number of hydrogen-bond donors (Lipinski definition) is 0. The lowest BCUT2D eigenvalue weighted by Crippen LogP contribution is -2.47. The van der Waals surface area contributed by atoms with Gasteiger partial charge in [0.05, 0.1) is 7.11 Å². The summed E-state index contributed by atoms with van der Waals surface area (Å²) in [5.41, 5.74) is 1.76. The van der Waals surface area contributed by atoms with E-state index < -0.39 is 0 Å². The molecule has 4 saturated carbocycles. The number of methoxy groups -OCH3 is 1. The minimum atomic E-state index is -0.295. The van der Waals surface area contributed by atoms with Gasteiger partial charge in [-0.2, -0.15) is 0 Å². The van der Waals surface area contributed by atoms with E-state index in [4.69, 9.17) is 9.47 Å². The van der Waals surface area contributed by atoms with Crippen molar-refractivity contribution >= 4 is 5.97 Å². The molecule has 3 nitrogen and oxygen atoms in total. The minimum absolute atomic E-state index is 0.0338. The SMILES string of the molecule is COC(=O)COC1=CCCC=C1C12CC3CC(CC(C3)C1)C2. The van der Waals surface area contributed by atoms with Crippen LogP contribution in [0.5, 0.6) is 0 Å². The van der Waals surface area contributed by atoms with Gasteiger partial charge >= 0.3 is 5.97 Å². The summed E-state index contributed by atoms with van der Waals surface area (Å²) in [6, 6.07) is 0. The van der Waals surface area contributed by atoms with E-state index in [-0.39, 0.29) is 12.6 Å². The van der Waals surface area contributed by atoms with Crippen LogP contribution in [-0.4, -0.2) is 19.7 Å². The van der Waals surface area contributed by atoms with Crippen LogP contribution < -0.4 is 0 Å². The van der Waals surface area contributed by atoms with Crippen molar-refractivity contribution in [2.75, 3.05) is 13.7 Å². The van der Waals surface area contributed by atoms with Crippen LogP contribution in [0.25, 0.3) is 0 Å². The fourth-order valence-corrected chi connectivity index (χ4v) is 5.90. The summed E-state index contributed by atoms with van der Waals surface area (Å²) in [7, 11) is 1.41. The third-order valence-corrected chi connectivity index (χ3v) is 6.29. The van der Waals surface area contributed by atoms with Crippen molar-refractivity contribution in [3.05, 3.63) is 23.5 Å². The van der Waals surface area contributed by atoms with Crippen LogP contribution in [0, 0.1) is 23.2 Å². The van der Waals surface area contributed by atoms with E-state index >= 15 is 0 Å². The summed E-state index contributed by atoms with van der Waals surface area (Å²) in [6.45, 7) is 0.0338. The van der Waals surface area contributed by atoms with Gasteiger partial charge in [0.1, 0.15) is 5.76 Å². The van der Waals surface area contributed by atoms with Crippen molar-refractivity contribution in [2.45, 2.75) is 51.4 Å². The Balaban J connectivity index is 1.56. The zero-order valence-corrected chi connectivity index (χ0v) is 13.5. The van der Waals surface area contributed by atoms with E-state index in [2.05, 4.69) is 12.2 Å². The van der Waals surface area contributed by atoms with Crippen LogP contribution in [0.15, 0.2) is 23.5 Å². The second-order valence-corrected chi connectivity index (χ2v) is 7.83. The predicted octanol–water partition coefficient (Wildman–Crippen LogP) is 4.00. The maximum absolute atomic E-state index is 11.4. The van der Waals surface area contributed by atoms with Gasteiger partial charge in [0.25, 0.3) is 0 Å². The summed E-state index contributed by atoms with van der Waals surface area (Å²) in [5.74, 6) is 3.46. The molecule has 0 aromatic rings. The molecule has 4 bridgehead atoms. The van der Waals surface area contributed by atoms with Crippen molar-refractivity contribution in [1.82, 2.24) is 0 Å². The number of esters is 1. The normalized spacial score (nSPS) is 39.2. The number of carbonyl (C=O) groups is 1. The molecule has 4 fully saturated rings. The summed E-state index contributed by atoms with van der Waals surface area (Å²) in [5, 5.41) is 0. The quantitative estimate of drug-likeness (QED) is 0.736. The monoisotopic (exact) mass is 302 g/mol. The van der Waals surface area contributed by atoms with E-state index in [9.17, 15) is 4.79 Å². The van der Waals surface area contributed by atoms with E-state index in [1.165, 1.54) is 51.2 Å². The first-order chi connectivity index (χ1) is 10.7. The molecule has 0 radical (unpaired) electrons. The maximum Gasteiger partial charge on any atom is 0.343 e. The number of carbonyl (C=O) groups excluding carboxylic acids is 1. The Morgan fingerprint density at radius 2 is 1.68 bits per heavy atom. The van der Waals surface area contributed by atoms with Gasteiger partial charge in [0, 0.05) is 0 Å². The molecule has 0 aliphatic heterocycles. The van der Waals surface area contributed by atoms with Gasteiger partial charge in [-0.3, -0.25) is 0 Å². The van der Waals surface area contributed by atoms with Crippen LogP contribution in [-0.2, 0) is 14.3 Å². The zero-order chi connectivity index (χ0) is 15.2. The summed E-state index contributed by atoms with van der Waals surface area (Å²) >= 11 is 0. The lowest BCUT2D eigenvalue weighted by molar-refractivity contribution is -0.144. The van der Waals surface area contributed by atoms with Gasteiger partial charge in [0.2, 0.25) is 0 Å². The van der Waals surface area contributed by atoms with Crippen molar-refractivity contribution in [3.8, 4) is 0 Å². The van der Waals surface area contributed by atoms with Crippen molar-refractivity contribution in [2.24, 2.45) is 23.2 Å². The van der Waals surface area contributed by atoms with Crippen LogP contribution in [0.1, 0.15) is 51.4 Å². The lowest BCUT2D eigenvalue weighted by atomic mass is 9.47. The molecule has 0 N–H and O–H groups in total. The fourth-order valence-electron chi connectivity index (χ4n) is 5.90. The van der Waals surface area contributed by atoms with Gasteiger partial charge in [-0.05, 0) is 86.2 Å². The average molecular weight is 302 g/mol. The van der Waals surface area contributed by atoms with Gasteiger partial charge in [-0.25, -0.2) is 4.79 Å². The Labute approximate surface area is 132 Å². The third kappa shape index (κ3) is 2.39. The van der Waals surface area contributed by atoms with Crippen LogP contribution in [0.2, 0.25) is 0 Å². The first-order valence-corrected chi connectivity index (χ1v) is 8.79. The van der Waals surface area contributed by atoms with E-state index in [0.29, 0.717) is 5.41 Å². The van der Waals surface area contributed by atoms with Crippen molar-refractivity contribution < 1.29 is 14.3 Å². The molecule has 5 rings (SSSR count). The molecule has 120 valence electrons. The Bertz CT molecular complexity index is 494. The molecule has 0 amide bonds. The molecule has 0 aromatic heterocycles. The highest BCUT2D eigenvalue weighted by Gasteiger charge is 2.53. The van der Waals surface area contributed by atoms with Gasteiger partial charge in [-0.1, -0.05) is 6.08 Å². The van der Waals surface area contributed by atoms with Gasteiger partial charge in [0.15, 0.2) is 6.61 Å². The van der Waals surface area contributed by atoms with E-state index in [0.717, 1.165) is 36.4 Å². The highest BCUT2D eigenvalue weighted by molar-refractivity contribution is 5.70. The molecule has 5 aliphatic rings. The number of ether oxygens (including phenoxy) is 2. The molecule has 0 atom stereocenters. The van der Waals surface area contributed by atoms with E-state index in [1.54, 1.807) is 0 Å². The van der Waals surface area contributed by atoms with Crippen LogP contribution in [0.4, 0.5) is 0 Å². The molecular weight excluding hydrogens is 276 g/mol. The van der Waals surface area contributed by atoms with Gasteiger partial charge < -0.3 is 9.47 Å². The Morgan fingerprint density at radius 1 is 1.09 bits per heavy atom. The zero-order valence-electron chi connectivity index (χ0n) is 13.5. The smallest absolute Gasteiger partial charge is 0.343 e. The highest BCUT2D eigenvalue weighted by Crippen LogP contribution is 2.64. The number of allylic oxidation sites excluding steroid dienone is 3. The molecule has 5 aliphatic carbocycles. The number of rotatable bonds is 4. The Hall–Kier alpha value is -1.25. The van der Waals surface area contributed by atoms with Crippen molar-refractivity contribution in [3.63, 3.8) is 0 Å². The van der Waals surface area contributed by atoms with Gasteiger partial charge in [-0.15, -0.1) is 0 Å². The summed E-state index contributed by atoms with van der Waals surface area (Å²) in [6.07, 6.45) is 15.1. The molecule has 0 aromatic carbocycles. The average Bonchev–Trinajstić information content (AvgIpc) is 2.51. The van der Waals surface area contributed by atoms with Crippen LogP contribution >= 0.6 is 0 Å². The first-order valence-electron chi connectivity index (χ1n) is 8.79. The number of hydrogen-bond acceptors (Lipinski definition) is 3. The second kappa shape index (κ2) is 5.43. The van der Waals surface area contributed by atoms with E-state index in [1.807, 2.05) is 0 Å². The first kappa shape index (κ1) is 14.3. The van der Waals surface area contributed by atoms with Crippen LogP contribution in [0.3, 0.4) is 0 Å². The largest absolute Gasteiger partial charge is 0.482 e. The molecule has 0 spiro atoms. The molecule has 0 saturated heterocycles. The third-order valence-electron chi connectivity index (χ3n) is 6.29. The molecule has 0 unspecified atom stereocenters. The fraction of sp³-hybridized carbons (Fsp3) is 0.737. The molecule has 3 heteroatoms. The topological polar surface area (TPSA) is 35.5 Å². The molecule has 0 heterocycles. The second-order valence-electron chi connectivity index (χ2n) is 7.83. The van der Waals surface area contributed by atoms with Crippen molar-refractivity contribution in [1.29, 1.82) is 0 Å². The minimum Gasteiger partial charge on any atom is -0.482 e.